The number of ether oxygens (including phenoxy) is 2. The van der Waals surface area contributed by atoms with E-state index >= 15 is 0 Å². The van der Waals surface area contributed by atoms with Gasteiger partial charge >= 0.3 is 12.0 Å². The molecule has 3 fully saturated rings. The number of carbonyl (C=O) groups excluding carboxylic acids is 4. The van der Waals surface area contributed by atoms with Crippen LogP contribution in [0.5, 0.6) is 0 Å². The smallest absolute Gasteiger partial charge is 0.324 e. The number of hydrogen-bond acceptors (Lipinski definition) is 12. The fraction of sp³-hybridized carbons (Fsp3) is 0.565. The van der Waals surface area contributed by atoms with Crippen LogP contribution in [0.15, 0.2) is 41.9 Å². The van der Waals surface area contributed by atoms with Crippen LogP contribution in [0.4, 0.5) is 4.79 Å². The summed E-state index contributed by atoms with van der Waals surface area (Å²) >= 11 is 1.39. The van der Waals surface area contributed by atoms with E-state index in [0.717, 1.165) is 44.7 Å². The molecular weight excluding hydrogens is 985 g/mol. The minimum Gasteiger partial charge on any atom is -0.464 e. The number of nitrogens with zero attached hydrogens (tertiary/aromatic N) is 6. The van der Waals surface area contributed by atoms with E-state index in [4.69, 9.17) is 19.4 Å². The number of carbonyl (C=O) groups is 4. The zero-order chi connectivity index (χ0) is 45.8. The Morgan fingerprint density at radius 2 is 1.79 bits per heavy atom. The van der Waals surface area contributed by atoms with Crippen LogP contribution in [-0.2, 0) is 53.1 Å². The first kappa shape index (κ1) is 57.1. The number of sulfone groups is 1. The van der Waals surface area contributed by atoms with Crippen molar-refractivity contribution < 1.29 is 37.1 Å². The first-order valence-electron chi connectivity index (χ1n) is 22.3. The third-order valence-corrected chi connectivity index (χ3v) is 15.9. The molecule has 3 saturated heterocycles. The van der Waals surface area contributed by atoms with E-state index in [2.05, 4.69) is 60.3 Å². The number of nitrogens with one attached hydrogen (secondary N) is 2. The van der Waals surface area contributed by atoms with Crippen LogP contribution in [-0.4, -0.2) is 131 Å². The van der Waals surface area contributed by atoms with Crippen molar-refractivity contribution in [2.45, 2.75) is 117 Å². The molecule has 4 amide bonds. The Hall–Kier alpha value is -3.51. The summed E-state index contributed by atoms with van der Waals surface area (Å²) in [5, 5.41) is 8.01. The van der Waals surface area contributed by atoms with Crippen LogP contribution in [0.2, 0.25) is 0 Å². The molecule has 3 aromatic heterocycles. The van der Waals surface area contributed by atoms with Gasteiger partial charge in [0.25, 0.3) is 5.91 Å². The molecule has 376 valence electrons. The first-order chi connectivity index (χ1) is 30.4. The molecule has 4 aromatic rings. The molecular formula is C46H68N8O8S6. The van der Waals surface area contributed by atoms with E-state index in [-0.39, 0.29) is 90.5 Å². The number of likely N-dealkylation sites (tertiary alicyclic amines) is 1. The number of pyridine rings is 1. The van der Waals surface area contributed by atoms with Crippen molar-refractivity contribution in [1.82, 2.24) is 40.1 Å². The maximum atomic E-state index is 14.6. The summed E-state index contributed by atoms with van der Waals surface area (Å²) in [5.41, 5.74) is 9.17. The number of urea groups is 1. The predicted octanol–water partition coefficient (Wildman–Crippen LogP) is 5.60. The number of thiazole rings is 1. The molecule has 1 aromatic carbocycles. The normalized spacial score (nSPS) is 22.7. The lowest BCUT2D eigenvalue weighted by Crippen LogP contribution is -2.70. The lowest BCUT2D eigenvalue weighted by molar-refractivity contribution is -0.155. The van der Waals surface area contributed by atoms with Gasteiger partial charge in [-0.3, -0.25) is 24.4 Å². The van der Waals surface area contributed by atoms with Crippen LogP contribution in [0.3, 0.4) is 0 Å². The molecule has 22 heteroatoms. The molecule has 8 rings (SSSR count). The Kier molecular flexibility index (Phi) is 19.1. The van der Waals surface area contributed by atoms with E-state index in [1.54, 1.807) is 25.3 Å². The van der Waals surface area contributed by atoms with Crippen molar-refractivity contribution in [1.29, 1.82) is 0 Å². The van der Waals surface area contributed by atoms with Gasteiger partial charge in [0.2, 0.25) is 5.91 Å². The number of aryl methyl sites for hydroxylation is 1. The average molecular weight is 1050 g/mol. The van der Waals surface area contributed by atoms with Crippen molar-refractivity contribution in [3.8, 4) is 22.5 Å². The van der Waals surface area contributed by atoms with Gasteiger partial charge in [0.15, 0.2) is 9.84 Å². The lowest BCUT2D eigenvalue weighted by atomic mass is 9.84. The van der Waals surface area contributed by atoms with Gasteiger partial charge in [-0.2, -0.15) is 54.0 Å². The minimum atomic E-state index is -3.23. The monoisotopic (exact) mass is 1050 g/mol. The Labute approximate surface area is 431 Å². The highest BCUT2D eigenvalue weighted by Crippen LogP contribution is 2.42. The Morgan fingerprint density at radius 1 is 1.09 bits per heavy atom. The fourth-order valence-electron chi connectivity index (χ4n) is 10.0. The van der Waals surface area contributed by atoms with Crippen molar-refractivity contribution in [3.63, 3.8) is 0 Å². The Balaban J connectivity index is 0.00000252. The second-order valence-electron chi connectivity index (χ2n) is 18.9. The van der Waals surface area contributed by atoms with E-state index in [9.17, 15) is 27.6 Å². The standard InChI is InChI=1S/C46H60N8O8S2.4H2S/c1-9-52-37-15-14-28-18-32(37)33(41(52)31-12-10-16-47-39(31)27(4)61-8)21-46(5,6)25-62-44(57)34-13-11-17-53(50-34)43(56)35(20-38-48-36(28)22-63-38)49-42(55)40(26(2)3)51(7)45(58)54-29-19-30(54)24-64(59,60)23-29;;;;/h10,12,14-16,18,22,26-27,29-30,34-35,40,50H,9,11,13,17,19-21,23-25H2,1-8H3,(H,49,55);4*1H2/t27-,29?,30?,34-,35-,40-;;;;/m0..../s1. The summed E-state index contributed by atoms with van der Waals surface area (Å²) in [6, 6.07) is 6.22. The topological polar surface area (TPSA) is 185 Å². The van der Waals surface area contributed by atoms with E-state index in [1.165, 1.54) is 21.2 Å². The minimum absolute atomic E-state index is 0. The van der Waals surface area contributed by atoms with Gasteiger partial charge in [0.05, 0.1) is 46.3 Å². The molecule has 0 saturated carbocycles. The average Bonchev–Trinajstić information content (AvgIpc) is 3.85. The molecule has 4 aliphatic heterocycles. The highest BCUT2D eigenvalue weighted by Gasteiger charge is 2.52. The van der Waals surface area contributed by atoms with E-state index < -0.39 is 69.3 Å². The molecule has 0 radical (unpaired) electrons. The predicted molar refractivity (Wildman–Crippen MR) is 285 cm³/mol. The molecule has 6 atom stereocenters. The summed E-state index contributed by atoms with van der Waals surface area (Å²) in [6.07, 6.45) is 3.74. The van der Waals surface area contributed by atoms with Crippen molar-refractivity contribution in [2.75, 3.05) is 38.8 Å². The van der Waals surface area contributed by atoms with Crippen LogP contribution >= 0.6 is 65.3 Å². The molecule has 8 bridgehead atoms. The summed E-state index contributed by atoms with van der Waals surface area (Å²) in [6.45, 7) is 13.0. The van der Waals surface area contributed by atoms with Gasteiger partial charge < -0.3 is 29.2 Å². The van der Waals surface area contributed by atoms with E-state index in [0.29, 0.717) is 43.8 Å². The number of aromatic nitrogens is 3. The number of esters is 1. The third-order valence-electron chi connectivity index (χ3n) is 13.2. The first-order valence-corrected chi connectivity index (χ1v) is 25.0. The molecule has 16 nitrogen and oxygen atoms in total. The second-order valence-corrected chi connectivity index (χ2v) is 22.0. The highest BCUT2D eigenvalue weighted by molar-refractivity contribution is 7.91. The van der Waals surface area contributed by atoms with Gasteiger partial charge in [-0.25, -0.2) is 23.6 Å². The van der Waals surface area contributed by atoms with Gasteiger partial charge in [-0.05, 0) is 75.3 Å². The molecule has 2 N–H and O–H groups in total. The maximum Gasteiger partial charge on any atom is 0.324 e. The molecule has 0 aliphatic carbocycles. The third kappa shape index (κ3) is 11.3. The van der Waals surface area contributed by atoms with Crippen molar-refractivity contribution in [2.24, 2.45) is 11.3 Å². The van der Waals surface area contributed by atoms with Crippen LogP contribution < -0.4 is 10.7 Å². The fourth-order valence-corrected chi connectivity index (χ4v) is 12.8. The van der Waals surface area contributed by atoms with Crippen LogP contribution in [0.25, 0.3) is 33.4 Å². The SMILES string of the molecule is CCn1c(-c2cccnc2[C@H](C)OC)c2c3cc(ccc31)-c1csc(n1)C[C@H](NC(=O)[C@H](C(C)C)N(C)C(=O)N1C3CC1CS(=O)(=O)C3)C(=O)N1CCC[C@H](N1)C(=O)OCC(C)(C)C2.S.S.S.S. The number of fused-ring (bicyclic) bond motifs is 8. The number of amides is 4. The summed E-state index contributed by atoms with van der Waals surface area (Å²) in [4.78, 5) is 69.6. The molecule has 4 aliphatic rings. The zero-order valence-electron chi connectivity index (χ0n) is 39.9. The van der Waals surface area contributed by atoms with Gasteiger partial charge in [0.1, 0.15) is 18.1 Å². The number of hydrazine groups is 1. The highest BCUT2D eigenvalue weighted by atomic mass is 32.2. The number of benzene rings is 1. The quantitative estimate of drug-likeness (QED) is 0.210. The number of cyclic esters (lactones) is 1. The maximum absolute atomic E-state index is 14.6. The lowest BCUT2D eigenvalue weighted by Gasteiger charge is -2.53. The van der Waals surface area contributed by atoms with Crippen molar-refractivity contribution in [3.05, 3.63) is 58.2 Å². The number of likely N-dealkylation sites (N-methyl/N-ethyl adjacent to an activating group) is 1. The Morgan fingerprint density at radius 3 is 2.46 bits per heavy atom. The number of rotatable bonds is 8. The van der Waals surface area contributed by atoms with Crippen LogP contribution in [0.1, 0.15) is 83.2 Å². The molecule has 68 heavy (non-hydrogen) atoms. The van der Waals surface area contributed by atoms with E-state index in [1.807, 2.05) is 32.2 Å². The largest absolute Gasteiger partial charge is 0.464 e. The second kappa shape index (κ2) is 22.7. The van der Waals surface area contributed by atoms with Crippen molar-refractivity contribution >= 4 is 110 Å². The summed E-state index contributed by atoms with van der Waals surface area (Å²) in [5.74, 6) is -1.98. The number of hydrogen-bond donors (Lipinski definition) is 2. The number of methoxy groups -OCH3 is 1. The van der Waals surface area contributed by atoms with Gasteiger partial charge in [0, 0.05) is 84.8 Å². The summed E-state index contributed by atoms with van der Waals surface area (Å²) in [7, 11) is -0.00724. The van der Waals surface area contributed by atoms with Gasteiger partial charge in [-0.1, -0.05) is 33.8 Å². The molecule has 7 heterocycles. The molecule has 2 unspecified atom stereocenters. The zero-order valence-corrected chi connectivity index (χ0v) is 45.6. The van der Waals surface area contributed by atoms with Gasteiger partial charge in [-0.15, -0.1) is 11.3 Å². The Bertz CT molecular complexity index is 2570. The van der Waals surface area contributed by atoms with Crippen LogP contribution in [0, 0.1) is 11.3 Å². The summed E-state index contributed by atoms with van der Waals surface area (Å²) < 4.78 is 38.9. The molecule has 0 spiro atoms.